The van der Waals surface area contributed by atoms with Crippen LogP contribution in [0.25, 0.3) is 0 Å². The number of rotatable bonds is 5. The first kappa shape index (κ1) is 15.2. The van der Waals surface area contributed by atoms with Gasteiger partial charge in [0.05, 0.1) is 6.04 Å². The Labute approximate surface area is 121 Å². The van der Waals surface area contributed by atoms with Crippen LogP contribution in [-0.4, -0.2) is 41.5 Å². The molecule has 1 N–H and O–H groups in total. The molecule has 1 aromatic carbocycles. The Morgan fingerprint density at radius 1 is 1.40 bits per heavy atom. The number of hydrogen-bond donors (Lipinski definition) is 1. The van der Waals surface area contributed by atoms with E-state index in [0.29, 0.717) is 5.92 Å². The number of carbonyl (C=O) groups excluding carboxylic acids is 1. The average molecular weight is 275 g/mol. The number of likely N-dealkylation sites (tertiary alicyclic amines) is 1. The van der Waals surface area contributed by atoms with Gasteiger partial charge in [-0.25, -0.2) is 0 Å². The number of aliphatic hydroxyl groups excluding tert-OH is 1. The van der Waals surface area contributed by atoms with Crippen LogP contribution in [0.4, 0.5) is 0 Å². The molecule has 1 aliphatic rings. The number of hydrogen-bond acceptors (Lipinski definition) is 3. The van der Waals surface area contributed by atoms with Crippen molar-refractivity contribution < 1.29 is 9.90 Å². The molecule has 2 atom stereocenters. The van der Waals surface area contributed by atoms with Crippen LogP contribution in [0.3, 0.4) is 0 Å². The molecule has 0 aromatic heterocycles. The molecule has 0 radical (unpaired) electrons. The SMILES string of the molecule is Cc1ccc(C(=O)C(C)N2CCCC(CCO)C2)cc1. The molecule has 3 heteroatoms. The first-order chi connectivity index (χ1) is 9.61. The second-order valence-electron chi connectivity index (χ2n) is 5.92. The number of carbonyl (C=O) groups is 1. The highest BCUT2D eigenvalue weighted by Gasteiger charge is 2.27. The molecule has 2 unspecified atom stereocenters. The first-order valence-corrected chi connectivity index (χ1v) is 7.57. The molecule has 110 valence electrons. The Balaban J connectivity index is 2.00. The molecule has 0 saturated carbocycles. The fourth-order valence-electron chi connectivity index (χ4n) is 2.99. The Kier molecular flexibility index (Phi) is 5.32. The summed E-state index contributed by atoms with van der Waals surface area (Å²) in [4.78, 5) is 14.8. The summed E-state index contributed by atoms with van der Waals surface area (Å²) in [6.07, 6.45) is 3.14. The highest BCUT2D eigenvalue weighted by molar-refractivity contribution is 5.99. The highest BCUT2D eigenvalue weighted by atomic mass is 16.3. The second kappa shape index (κ2) is 7.00. The van der Waals surface area contributed by atoms with Crippen LogP contribution < -0.4 is 0 Å². The summed E-state index contributed by atoms with van der Waals surface area (Å²) in [6.45, 7) is 6.20. The number of piperidine rings is 1. The Bertz CT molecular complexity index is 439. The van der Waals surface area contributed by atoms with Gasteiger partial charge in [-0.2, -0.15) is 0 Å². The third kappa shape index (κ3) is 3.68. The molecular weight excluding hydrogens is 250 g/mol. The molecule has 0 spiro atoms. The van der Waals surface area contributed by atoms with E-state index in [-0.39, 0.29) is 18.4 Å². The predicted octanol–water partition coefficient (Wildman–Crippen LogP) is 2.66. The third-order valence-electron chi connectivity index (χ3n) is 4.35. The predicted molar refractivity (Wildman–Crippen MR) is 81.0 cm³/mol. The van der Waals surface area contributed by atoms with E-state index >= 15 is 0 Å². The number of ketones is 1. The van der Waals surface area contributed by atoms with Gasteiger partial charge < -0.3 is 5.11 Å². The standard InChI is InChI=1S/C17H25NO2/c1-13-5-7-16(8-6-13)17(20)14(2)18-10-3-4-15(12-18)9-11-19/h5-8,14-15,19H,3-4,9-12H2,1-2H3. The van der Waals surface area contributed by atoms with Crippen LogP contribution in [0.2, 0.25) is 0 Å². The summed E-state index contributed by atoms with van der Waals surface area (Å²) < 4.78 is 0. The Morgan fingerprint density at radius 2 is 2.10 bits per heavy atom. The van der Waals surface area contributed by atoms with Crippen molar-refractivity contribution in [3.05, 3.63) is 35.4 Å². The third-order valence-corrected chi connectivity index (χ3v) is 4.35. The van der Waals surface area contributed by atoms with Gasteiger partial charge >= 0.3 is 0 Å². The van der Waals surface area contributed by atoms with Gasteiger partial charge in [0.2, 0.25) is 0 Å². The van der Waals surface area contributed by atoms with E-state index in [4.69, 9.17) is 5.11 Å². The summed E-state index contributed by atoms with van der Waals surface area (Å²) in [7, 11) is 0. The lowest BCUT2D eigenvalue weighted by Gasteiger charge is -2.36. The summed E-state index contributed by atoms with van der Waals surface area (Å²) in [6, 6.07) is 7.75. The van der Waals surface area contributed by atoms with E-state index < -0.39 is 0 Å². The molecule has 0 aliphatic carbocycles. The van der Waals surface area contributed by atoms with Crippen LogP contribution in [-0.2, 0) is 0 Å². The van der Waals surface area contributed by atoms with Gasteiger partial charge in [-0.15, -0.1) is 0 Å². The van der Waals surface area contributed by atoms with Crippen LogP contribution in [0.15, 0.2) is 24.3 Å². The van der Waals surface area contributed by atoms with E-state index in [1.54, 1.807) is 0 Å². The van der Waals surface area contributed by atoms with E-state index in [9.17, 15) is 4.79 Å². The minimum atomic E-state index is -0.0702. The van der Waals surface area contributed by atoms with E-state index in [2.05, 4.69) is 4.90 Å². The van der Waals surface area contributed by atoms with Crippen molar-refractivity contribution in [2.24, 2.45) is 5.92 Å². The van der Waals surface area contributed by atoms with Crippen LogP contribution in [0.5, 0.6) is 0 Å². The first-order valence-electron chi connectivity index (χ1n) is 7.57. The topological polar surface area (TPSA) is 40.5 Å². The van der Waals surface area contributed by atoms with Crippen molar-refractivity contribution >= 4 is 5.78 Å². The fourth-order valence-corrected chi connectivity index (χ4v) is 2.99. The van der Waals surface area contributed by atoms with Crippen LogP contribution in [0, 0.1) is 12.8 Å². The molecule has 3 nitrogen and oxygen atoms in total. The minimum Gasteiger partial charge on any atom is -0.396 e. The van der Waals surface area contributed by atoms with Gasteiger partial charge in [0.15, 0.2) is 5.78 Å². The number of aryl methyl sites for hydroxylation is 1. The summed E-state index contributed by atoms with van der Waals surface area (Å²) in [5.41, 5.74) is 1.97. The van der Waals surface area contributed by atoms with Gasteiger partial charge in [-0.05, 0) is 45.6 Å². The van der Waals surface area contributed by atoms with Gasteiger partial charge in [-0.3, -0.25) is 9.69 Å². The molecule has 20 heavy (non-hydrogen) atoms. The monoisotopic (exact) mass is 275 g/mol. The zero-order chi connectivity index (χ0) is 14.5. The normalized spacial score (nSPS) is 21.6. The van der Waals surface area contributed by atoms with Crippen molar-refractivity contribution in [2.75, 3.05) is 19.7 Å². The number of benzene rings is 1. The summed E-state index contributed by atoms with van der Waals surface area (Å²) >= 11 is 0. The molecular formula is C17H25NO2. The van der Waals surface area contributed by atoms with Gasteiger partial charge in [-0.1, -0.05) is 29.8 Å². The zero-order valence-corrected chi connectivity index (χ0v) is 12.5. The maximum atomic E-state index is 12.5. The zero-order valence-electron chi connectivity index (χ0n) is 12.5. The lowest BCUT2D eigenvalue weighted by Crippen LogP contribution is -2.45. The summed E-state index contributed by atoms with van der Waals surface area (Å²) in [5, 5.41) is 9.07. The smallest absolute Gasteiger partial charge is 0.179 e. The van der Waals surface area contributed by atoms with Crippen molar-refractivity contribution in [1.29, 1.82) is 0 Å². The number of Topliss-reactive ketones (excluding diaryl/α,β-unsaturated/α-hetero) is 1. The molecule has 1 aromatic rings. The average Bonchev–Trinajstić information content (AvgIpc) is 2.47. The van der Waals surface area contributed by atoms with E-state index in [0.717, 1.165) is 31.5 Å². The van der Waals surface area contributed by atoms with Crippen molar-refractivity contribution in [3.8, 4) is 0 Å². The molecule has 1 saturated heterocycles. The molecule has 2 rings (SSSR count). The molecule has 0 bridgehead atoms. The largest absolute Gasteiger partial charge is 0.396 e. The maximum Gasteiger partial charge on any atom is 0.179 e. The molecule has 1 heterocycles. The molecule has 1 fully saturated rings. The number of aliphatic hydroxyl groups is 1. The van der Waals surface area contributed by atoms with Gasteiger partial charge in [0, 0.05) is 18.7 Å². The Morgan fingerprint density at radius 3 is 2.75 bits per heavy atom. The fraction of sp³-hybridized carbons (Fsp3) is 0.588. The second-order valence-corrected chi connectivity index (χ2v) is 5.92. The highest BCUT2D eigenvalue weighted by Crippen LogP contribution is 2.22. The van der Waals surface area contributed by atoms with Crippen molar-refractivity contribution in [2.45, 2.75) is 39.2 Å². The maximum absolute atomic E-state index is 12.5. The van der Waals surface area contributed by atoms with Gasteiger partial charge in [0.25, 0.3) is 0 Å². The lowest BCUT2D eigenvalue weighted by molar-refractivity contribution is 0.0728. The van der Waals surface area contributed by atoms with E-state index in [1.165, 1.54) is 12.0 Å². The van der Waals surface area contributed by atoms with Crippen LogP contribution in [0.1, 0.15) is 42.1 Å². The number of nitrogens with zero attached hydrogens (tertiary/aromatic N) is 1. The summed E-state index contributed by atoms with van der Waals surface area (Å²) in [5.74, 6) is 0.733. The van der Waals surface area contributed by atoms with Gasteiger partial charge in [0.1, 0.15) is 0 Å². The molecule has 1 aliphatic heterocycles. The van der Waals surface area contributed by atoms with Crippen molar-refractivity contribution in [3.63, 3.8) is 0 Å². The van der Waals surface area contributed by atoms with E-state index in [1.807, 2.05) is 38.1 Å². The quantitative estimate of drug-likeness (QED) is 0.840. The Hall–Kier alpha value is -1.19. The lowest BCUT2D eigenvalue weighted by atomic mass is 9.93. The molecule has 0 amide bonds. The minimum absolute atomic E-state index is 0.0702. The van der Waals surface area contributed by atoms with Crippen molar-refractivity contribution in [1.82, 2.24) is 4.90 Å². The van der Waals surface area contributed by atoms with Crippen LogP contribution >= 0.6 is 0 Å².